The molecule has 0 aliphatic rings. The Balaban J connectivity index is 0.000000450. The van der Waals surface area contributed by atoms with Crippen molar-refractivity contribution >= 4 is 35.1 Å². The molecule has 0 fully saturated rings. The number of thioether (sulfide) groups is 1. The molecule has 0 radical (unpaired) electrons. The highest BCUT2D eigenvalue weighted by Gasteiger charge is 2.06. The van der Waals surface area contributed by atoms with Gasteiger partial charge in [0, 0.05) is 23.6 Å². The van der Waals surface area contributed by atoms with Crippen LogP contribution in [0.25, 0.3) is 16.6 Å². The van der Waals surface area contributed by atoms with Crippen LogP contribution in [0.1, 0.15) is 26.0 Å². The van der Waals surface area contributed by atoms with Gasteiger partial charge in [0.2, 0.25) is 0 Å². The van der Waals surface area contributed by atoms with E-state index in [-0.39, 0.29) is 5.43 Å². The maximum Gasteiger partial charge on any atom is 0.190 e. The molecule has 1 aromatic heterocycles. The number of pyridine rings is 1. The molecule has 136 valence electrons. The maximum absolute atomic E-state index is 12.1. The summed E-state index contributed by atoms with van der Waals surface area (Å²) in [5.41, 5.74) is 1.96. The molecule has 5 nitrogen and oxygen atoms in total. The minimum Gasteiger partial charge on any atom is -0.497 e. The Morgan fingerprint density at radius 3 is 2.68 bits per heavy atom. The lowest BCUT2D eigenvalue weighted by atomic mass is 10.1. The highest BCUT2D eigenvalue weighted by molar-refractivity contribution is 8.01. The van der Waals surface area contributed by atoms with Gasteiger partial charge >= 0.3 is 0 Å². The molecule has 25 heavy (non-hydrogen) atoms. The Kier molecular flexibility index (Phi) is 9.02. The number of H-pyrrole nitrogens is 1. The van der Waals surface area contributed by atoms with Gasteiger partial charge in [-0.1, -0.05) is 6.92 Å². The van der Waals surface area contributed by atoms with Crippen LogP contribution in [0, 0.1) is 0 Å². The zero-order valence-corrected chi connectivity index (χ0v) is 16.4. The van der Waals surface area contributed by atoms with Crippen LogP contribution in [0.5, 0.6) is 5.75 Å². The second-order valence-corrected chi connectivity index (χ2v) is 6.16. The number of aromatic nitrogens is 1. The standard InChI is InChI=1S/C14H14N2O2S.C5H13N/c1-15-13(8-19-3)12-7-14(17)10-5-4-9(18-2)6-11(10)16-12;1-4-5(2)6-3/h4-8H,1H2,2-3H3,(H,16,17);5-6H,4H2,1-3H3/b13-8-;. The summed E-state index contributed by atoms with van der Waals surface area (Å²) in [5.74, 6) is 0.697. The Bertz CT molecular complexity index is 780. The number of aromatic amines is 1. The van der Waals surface area contributed by atoms with E-state index in [0.717, 1.165) is 5.52 Å². The summed E-state index contributed by atoms with van der Waals surface area (Å²) in [6, 6.07) is 7.52. The van der Waals surface area contributed by atoms with E-state index in [4.69, 9.17) is 4.74 Å². The van der Waals surface area contributed by atoms with Gasteiger partial charge in [-0.15, -0.1) is 11.8 Å². The Labute approximate surface area is 153 Å². The van der Waals surface area contributed by atoms with E-state index in [9.17, 15) is 4.79 Å². The number of nitrogens with one attached hydrogen (secondary N) is 2. The molecule has 1 unspecified atom stereocenters. The normalized spacial score (nSPS) is 12.3. The third-order valence-electron chi connectivity index (χ3n) is 3.82. The van der Waals surface area contributed by atoms with E-state index in [2.05, 4.69) is 35.9 Å². The molecule has 2 rings (SSSR count). The molecule has 0 saturated heterocycles. The second kappa shape index (κ2) is 10.7. The first-order chi connectivity index (χ1) is 12.0. The van der Waals surface area contributed by atoms with Crippen molar-refractivity contribution in [2.45, 2.75) is 26.3 Å². The molecular weight excluding hydrogens is 334 g/mol. The predicted molar refractivity (Wildman–Crippen MR) is 111 cm³/mol. The van der Waals surface area contributed by atoms with Crippen LogP contribution in [0.2, 0.25) is 0 Å². The number of fused-ring (bicyclic) bond motifs is 1. The number of benzene rings is 1. The second-order valence-electron chi connectivity index (χ2n) is 5.45. The van der Waals surface area contributed by atoms with Gasteiger partial charge in [0.25, 0.3) is 0 Å². The van der Waals surface area contributed by atoms with Crippen LogP contribution in [-0.4, -0.2) is 38.2 Å². The SMILES string of the molecule is C=N/C(=C\SC)c1cc(=O)c2ccc(OC)cc2[nH]1.CCC(C)NC. The lowest BCUT2D eigenvalue weighted by Crippen LogP contribution is -2.19. The van der Waals surface area contributed by atoms with E-state index in [0.29, 0.717) is 28.6 Å². The Hall–Kier alpha value is -2.05. The molecule has 0 aliphatic heterocycles. The average Bonchev–Trinajstić information content (AvgIpc) is 2.65. The highest BCUT2D eigenvalue weighted by atomic mass is 32.2. The van der Waals surface area contributed by atoms with Gasteiger partial charge in [0.15, 0.2) is 5.43 Å². The molecule has 0 bridgehead atoms. The van der Waals surface area contributed by atoms with Crippen molar-refractivity contribution < 1.29 is 4.74 Å². The van der Waals surface area contributed by atoms with E-state index >= 15 is 0 Å². The monoisotopic (exact) mass is 361 g/mol. The van der Waals surface area contributed by atoms with E-state index in [1.54, 1.807) is 25.3 Å². The molecular formula is C19H27N3O2S. The van der Waals surface area contributed by atoms with E-state index in [1.807, 2.05) is 18.7 Å². The number of hydrogen-bond donors (Lipinski definition) is 2. The minimum absolute atomic E-state index is 0.0537. The number of rotatable bonds is 6. The first kappa shape index (κ1) is 21.0. The van der Waals surface area contributed by atoms with Crippen LogP contribution < -0.4 is 15.5 Å². The Morgan fingerprint density at radius 1 is 1.48 bits per heavy atom. The molecule has 0 aliphatic carbocycles. The average molecular weight is 362 g/mol. The highest BCUT2D eigenvalue weighted by Crippen LogP contribution is 2.21. The molecule has 0 amide bonds. The largest absolute Gasteiger partial charge is 0.497 e. The van der Waals surface area contributed by atoms with Crippen molar-refractivity contribution in [2.24, 2.45) is 4.99 Å². The molecule has 1 heterocycles. The van der Waals surface area contributed by atoms with E-state index < -0.39 is 0 Å². The summed E-state index contributed by atoms with van der Waals surface area (Å²) in [4.78, 5) is 19.2. The van der Waals surface area contributed by atoms with Gasteiger partial charge in [-0.05, 0) is 50.9 Å². The summed E-state index contributed by atoms with van der Waals surface area (Å²) >= 11 is 1.51. The van der Waals surface area contributed by atoms with Gasteiger partial charge in [0.05, 0.1) is 24.0 Å². The number of hydrogen-bond acceptors (Lipinski definition) is 5. The quantitative estimate of drug-likeness (QED) is 0.766. The molecule has 2 aromatic rings. The van der Waals surface area contributed by atoms with Crippen LogP contribution in [0.3, 0.4) is 0 Å². The maximum atomic E-state index is 12.1. The zero-order chi connectivity index (χ0) is 18.8. The topological polar surface area (TPSA) is 66.5 Å². The first-order valence-corrected chi connectivity index (χ1v) is 9.37. The van der Waals surface area contributed by atoms with E-state index in [1.165, 1.54) is 24.2 Å². The summed E-state index contributed by atoms with van der Waals surface area (Å²) in [5, 5.41) is 5.57. The molecule has 1 atom stereocenters. The summed E-state index contributed by atoms with van der Waals surface area (Å²) in [7, 11) is 3.57. The minimum atomic E-state index is -0.0537. The molecule has 0 spiro atoms. The summed E-state index contributed by atoms with van der Waals surface area (Å²) in [6.07, 6.45) is 3.14. The van der Waals surface area contributed by atoms with Crippen molar-refractivity contribution in [1.29, 1.82) is 0 Å². The summed E-state index contributed by atoms with van der Waals surface area (Å²) < 4.78 is 5.16. The fourth-order valence-corrected chi connectivity index (χ4v) is 2.42. The predicted octanol–water partition coefficient (Wildman–Crippen LogP) is 3.90. The van der Waals surface area contributed by atoms with Crippen molar-refractivity contribution in [3.63, 3.8) is 0 Å². The molecule has 1 aromatic carbocycles. The summed E-state index contributed by atoms with van der Waals surface area (Å²) in [6.45, 7) is 7.86. The number of methoxy groups -OCH3 is 1. The van der Waals surface area contributed by atoms with Crippen LogP contribution in [0.4, 0.5) is 0 Å². The van der Waals surface area contributed by atoms with Gasteiger partial charge < -0.3 is 15.0 Å². The van der Waals surface area contributed by atoms with Crippen LogP contribution in [0.15, 0.2) is 39.5 Å². The first-order valence-electron chi connectivity index (χ1n) is 8.09. The fourth-order valence-electron chi connectivity index (χ4n) is 2.00. The lowest BCUT2D eigenvalue weighted by Gasteiger charge is -2.06. The molecule has 6 heteroatoms. The lowest BCUT2D eigenvalue weighted by molar-refractivity contribution is 0.415. The van der Waals surface area contributed by atoms with Gasteiger partial charge in [0.1, 0.15) is 5.75 Å². The van der Waals surface area contributed by atoms with Crippen LogP contribution >= 0.6 is 11.8 Å². The third-order valence-corrected chi connectivity index (χ3v) is 4.28. The van der Waals surface area contributed by atoms with Gasteiger partial charge in [-0.2, -0.15) is 0 Å². The number of ether oxygens (including phenoxy) is 1. The van der Waals surface area contributed by atoms with Crippen molar-refractivity contribution in [3.8, 4) is 5.75 Å². The van der Waals surface area contributed by atoms with Gasteiger partial charge in [-0.3, -0.25) is 9.79 Å². The molecule has 2 N–H and O–H groups in total. The van der Waals surface area contributed by atoms with Crippen molar-refractivity contribution in [3.05, 3.63) is 45.6 Å². The number of nitrogens with zero attached hydrogens (tertiary/aromatic N) is 1. The fraction of sp³-hybridized carbons (Fsp3) is 0.368. The third kappa shape index (κ3) is 6.07. The Morgan fingerprint density at radius 2 is 2.20 bits per heavy atom. The van der Waals surface area contributed by atoms with Crippen molar-refractivity contribution in [2.75, 3.05) is 20.4 Å². The van der Waals surface area contributed by atoms with Gasteiger partial charge in [-0.25, -0.2) is 0 Å². The molecule has 0 saturated carbocycles. The van der Waals surface area contributed by atoms with Crippen molar-refractivity contribution in [1.82, 2.24) is 10.3 Å². The zero-order valence-electron chi connectivity index (χ0n) is 15.6. The smallest absolute Gasteiger partial charge is 0.190 e. The number of aliphatic imine (C=N–C) groups is 1. The van der Waals surface area contributed by atoms with Crippen LogP contribution in [-0.2, 0) is 0 Å².